The molecule has 0 aromatic rings. The molecule has 1 rings (SSSR count). The third-order valence-electron chi connectivity index (χ3n) is 3.19. The van der Waals surface area contributed by atoms with Crippen LogP contribution in [-0.2, 0) is 9.53 Å². The molecule has 17 heavy (non-hydrogen) atoms. The third kappa shape index (κ3) is 4.48. The Labute approximate surface area is 104 Å². The lowest BCUT2D eigenvalue weighted by molar-refractivity contribution is -0.134. The molecule has 4 nitrogen and oxygen atoms in total. The van der Waals surface area contributed by atoms with Gasteiger partial charge in [-0.2, -0.15) is 0 Å². The van der Waals surface area contributed by atoms with Crippen molar-refractivity contribution in [2.75, 3.05) is 33.4 Å². The highest BCUT2D eigenvalue weighted by molar-refractivity contribution is 5.82. The molecule has 0 saturated carbocycles. The number of nitrogens with zero attached hydrogens (tertiary/aromatic N) is 1. The summed E-state index contributed by atoms with van der Waals surface area (Å²) in [5, 5.41) is 3.30. The number of hydrogen-bond donors (Lipinski definition) is 1. The number of carbonyl (C=O) groups is 1. The van der Waals surface area contributed by atoms with Crippen LogP contribution in [0.2, 0.25) is 0 Å². The van der Waals surface area contributed by atoms with E-state index in [1.807, 2.05) is 4.90 Å². The minimum Gasteiger partial charge on any atom is -0.383 e. The van der Waals surface area contributed by atoms with Gasteiger partial charge in [0.2, 0.25) is 5.91 Å². The Morgan fingerprint density at radius 3 is 3.00 bits per heavy atom. The van der Waals surface area contributed by atoms with Gasteiger partial charge in [0, 0.05) is 20.2 Å². The Morgan fingerprint density at radius 2 is 2.41 bits per heavy atom. The molecular formula is C13H24N2O2. The van der Waals surface area contributed by atoms with Gasteiger partial charge in [-0.25, -0.2) is 0 Å². The van der Waals surface area contributed by atoms with Crippen LogP contribution in [0.5, 0.6) is 0 Å². The summed E-state index contributed by atoms with van der Waals surface area (Å²) in [5.74, 6) is 0.798. The molecule has 1 aliphatic heterocycles. The van der Waals surface area contributed by atoms with Crippen molar-refractivity contribution in [3.63, 3.8) is 0 Å². The summed E-state index contributed by atoms with van der Waals surface area (Å²) < 4.78 is 5.03. The number of piperidine rings is 1. The Bertz CT molecular complexity index is 256. The minimum atomic E-state index is -0.0319. The van der Waals surface area contributed by atoms with Crippen molar-refractivity contribution >= 4 is 5.91 Å². The summed E-state index contributed by atoms with van der Waals surface area (Å²) >= 11 is 0. The van der Waals surface area contributed by atoms with Crippen LogP contribution in [0.3, 0.4) is 0 Å². The molecule has 1 fully saturated rings. The lowest BCUT2D eigenvalue weighted by atomic mass is 9.93. The van der Waals surface area contributed by atoms with Crippen molar-refractivity contribution in [3.8, 4) is 0 Å². The second kappa shape index (κ2) is 7.45. The van der Waals surface area contributed by atoms with Crippen LogP contribution in [0, 0.1) is 5.92 Å². The molecule has 0 aromatic carbocycles. The summed E-state index contributed by atoms with van der Waals surface area (Å²) in [6, 6.07) is -0.0319. The van der Waals surface area contributed by atoms with Crippen LogP contribution in [0.1, 0.15) is 19.8 Å². The quantitative estimate of drug-likeness (QED) is 0.705. The molecule has 1 saturated heterocycles. The molecule has 1 amide bonds. The van der Waals surface area contributed by atoms with Crippen molar-refractivity contribution in [1.29, 1.82) is 0 Å². The lowest BCUT2D eigenvalue weighted by Gasteiger charge is -2.31. The van der Waals surface area contributed by atoms with E-state index in [1.54, 1.807) is 13.2 Å². The molecule has 1 heterocycles. The lowest BCUT2D eigenvalue weighted by Crippen LogP contribution is -2.50. The molecule has 0 aromatic heterocycles. The first-order chi connectivity index (χ1) is 8.19. The maximum atomic E-state index is 12.3. The molecule has 1 aliphatic rings. The highest BCUT2D eigenvalue weighted by Crippen LogP contribution is 2.16. The van der Waals surface area contributed by atoms with Gasteiger partial charge in [-0.15, -0.1) is 6.58 Å². The molecule has 0 spiro atoms. The van der Waals surface area contributed by atoms with E-state index in [4.69, 9.17) is 4.74 Å². The summed E-state index contributed by atoms with van der Waals surface area (Å²) in [4.78, 5) is 14.1. The molecule has 0 aliphatic carbocycles. The number of carbonyl (C=O) groups excluding carboxylic acids is 1. The first kappa shape index (κ1) is 14.2. The Hall–Kier alpha value is -0.870. The zero-order valence-corrected chi connectivity index (χ0v) is 10.9. The molecule has 98 valence electrons. The van der Waals surface area contributed by atoms with Gasteiger partial charge in [0.15, 0.2) is 0 Å². The van der Waals surface area contributed by atoms with Gasteiger partial charge in [0.25, 0.3) is 0 Å². The Balaban J connectivity index is 2.52. The summed E-state index contributed by atoms with van der Waals surface area (Å²) in [6.45, 7) is 8.63. The van der Waals surface area contributed by atoms with Crippen molar-refractivity contribution in [3.05, 3.63) is 12.7 Å². The maximum absolute atomic E-state index is 12.3. The molecular weight excluding hydrogens is 216 g/mol. The second-order valence-electron chi connectivity index (χ2n) is 4.70. The topological polar surface area (TPSA) is 41.6 Å². The van der Waals surface area contributed by atoms with Gasteiger partial charge >= 0.3 is 0 Å². The number of amides is 1. The molecule has 2 unspecified atom stereocenters. The fourth-order valence-electron chi connectivity index (χ4n) is 2.16. The number of ether oxygens (including phenoxy) is 1. The standard InChI is InChI=1S/C13H24N2O2/c1-4-7-15(8-9-17-3)13(16)12-10-11(2)5-6-14-12/h4,11-12,14H,1,5-10H2,2-3H3. The molecule has 1 N–H and O–H groups in total. The van der Waals surface area contributed by atoms with Gasteiger partial charge in [-0.1, -0.05) is 13.0 Å². The van der Waals surface area contributed by atoms with E-state index in [0.29, 0.717) is 25.6 Å². The first-order valence-corrected chi connectivity index (χ1v) is 6.31. The van der Waals surface area contributed by atoms with Crippen LogP contribution in [-0.4, -0.2) is 50.2 Å². The zero-order chi connectivity index (χ0) is 12.7. The van der Waals surface area contributed by atoms with E-state index in [2.05, 4.69) is 18.8 Å². The number of nitrogens with one attached hydrogen (secondary N) is 1. The van der Waals surface area contributed by atoms with E-state index in [9.17, 15) is 4.79 Å². The van der Waals surface area contributed by atoms with Gasteiger partial charge in [-0.3, -0.25) is 4.79 Å². The van der Waals surface area contributed by atoms with Crippen LogP contribution in [0.25, 0.3) is 0 Å². The third-order valence-corrected chi connectivity index (χ3v) is 3.19. The number of rotatable bonds is 6. The van der Waals surface area contributed by atoms with Crippen molar-refractivity contribution < 1.29 is 9.53 Å². The SMILES string of the molecule is C=CCN(CCOC)C(=O)C1CC(C)CCN1. The van der Waals surface area contributed by atoms with Crippen LogP contribution in [0.15, 0.2) is 12.7 Å². The van der Waals surface area contributed by atoms with E-state index < -0.39 is 0 Å². The van der Waals surface area contributed by atoms with E-state index >= 15 is 0 Å². The van der Waals surface area contributed by atoms with Crippen LogP contribution < -0.4 is 5.32 Å². The van der Waals surface area contributed by atoms with Gasteiger partial charge in [0.05, 0.1) is 12.6 Å². The fourth-order valence-corrected chi connectivity index (χ4v) is 2.16. The van der Waals surface area contributed by atoms with Gasteiger partial charge in [-0.05, 0) is 25.3 Å². The van der Waals surface area contributed by atoms with Gasteiger partial charge in [0.1, 0.15) is 0 Å². The minimum absolute atomic E-state index is 0.0319. The molecule has 2 atom stereocenters. The van der Waals surface area contributed by atoms with Crippen molar-refractivity contribution in [1.82, 2.24) is 10.2 Å². The zero-order valence-electron chi connectivity index (χ0n) is 10.9. The predicted molar refractivity (Wildman–Crippen MR) is 68.8 cm³/mol. The van der Waals surface area contributed by atoms with Crippen LogP contribution in [0.4, 0.5) is 0 Å². The average molecular weight is 240 g/mol. The van der Waals surface area contributed by atoms with E-state index in [-0.39, 0.29) is 11.9 Å². The monoisotopic (exact) mass is 240 g/mol. The summed E-state index contributed by atoms with van der Waals surface area (Å²) in [5.41, 5.74) is 0. The fraction of sp³-hybridized carbons (Fsp3) is 0.769. The molecule has 0 bridgehead atoms. The second-order valence-corrected chi connectivity index (χ2v) is 4.70. The Kier molecular flexibility index (Phi) is 6.22. The molecule has 0 radical (unpaired) electrons. The highest BCUT2D eigenvalue weighted by atomic mass is 16.5. The van der Waals surface area contributed by atoms with Crippen LogP contribution >= 0.6 is 0 Å². The molecule has 4 heteroatoms. The van der Waals surface area contributed by atoms with Crippen molar-refractivity contribution in [2.24, 2.45) is 5.92 Å². The number of hydrogen-bond acceptors (Lipinski definition) is 3. The van der Waals surface area contributed by atoms with E-state index in [1.165, 1.54) is 0 Å². The highest BCUT2D eigenvalue weighted by Gasteiger charge is 2.27. The smallest absolute Gasteiger partial charge is 0.240 e. The van der Waals surface area contributed by atoms with E-state index in [0.717, 1.165) is 19.4 Å². The largest absolute Gasteiger partial charge is 0.383 e. The first-order valence-electron chi connectivity index (χ1n) is 6.31. The van der Waals surface area contributed by atoms with Gasteiger partial charge < -0.3 is 15.0 Å². The predicted octanol–water partition coefficient (Wildman–Crippen LogP) is 1.04. The Morgan fingerprint density at radius 1 is 1.65 bits per heavy atom. The van der Waals surface area contributed by atoms with Crippen molar-refractivity contribution in [2.45, 2.75) is 25.8 Å². The summed E-state index contributed by atoms with van der Waals surface area (Å²) in [6.07, 6.45) is 3.85. The maximum Gasteiger partial charge on any atom is 0.240 e. The number of methoxy groups -OCH3 is 1. The average Bonchev–Trinajstić information content (AvgIpc) is 2.33. The summed E-state index contributed by atoms with van der Waals surface area (Å²) in [7, 11) is 1.65. The normalized spacial score (nSPS) is 24.4.